The molecule has 0 aromatic heterocycles. The summed E-state index contributed by atoms with van der Waals surface area (Å²) in [5.41, 5.74) is 1.40. The van der Waals surface area contributed by atoms with E-state index in [1.165, 1.54) is 0 Å². The smallest absolute Gasteiger partial charge is 0.0991 e. The van der Waals surface area contributed by atoms with Gasteiger partial charge in [0.25, 0.3) is 0 Å². The first-order valence-corrected chi connectivity index (χ1v) is 7.02. The molecule has 0 heterocycles. The zero-order valence-corrected chi connectivity index (χ0v) is 13.0. The minimum absolute atomic E-state index is 0.193. The zero-order chi connectivity index (χ0) is 15.7. The Balaban J connectivity index is 2.68. The zero-order valence-electron chi connectivity index (χ0n) is 13.0. The number of hydrogen-bond acceptors (Lipinski definition) is 5. The van der Waals surface area contributed by atoms with E-state index in [-0.39, 0.29) is 6.04 Å². The summed E-state index contributed by atoms with van der Waals surface area (Å²) in [5, 5.41) is 19.2. The molecule has 1 aromatic carbocycles. The average Bonchev–Trinajstić information content (AvgIpc) is 2.51. The van der Waals surface area contributed by atoms with Crippen molar-refractivity contribution in [3.63, 3.8) is 0 Å². The lowest BCUT2D eigenvalue weighted by Crippen LogP contribution is -2.41. The molecule has 5 heteroatoms. The highest BCUT2D eigenvalue weighted by molar-refractivity contribution is 5.32. The van der Waals surface area contributed by atoms with Gasteiger partial charge in [0.2, 0.25) is 0 Å². The monoisotopic (exact) mass is 292 g/mol. The number of ether oxygens (including phenoxy) is 2. The van der Waals surface area contributed by atoms with Gasteiger partial charge in [-0.3, -0.25) is 4.90 Å². The summed E-state index contributed by atoms with van der Waals surface area (Å²) in [4.78, 5) is 2.13. The summed E-state index contributed by atoms with van der Waals surface area (Å²) < 4.78 is 10.3. The molecule has 1 aromatic rings. The summed E-state index contributed by atoms with van der Waals surface area (Å²) in [7, 11) is 3.33. The Morgan fingerprint density at radius 2 is 1.90 bits per heavy atom. The molecule has 0 spiro atoms. The number of hydrogen-bond donors (Lipinski definition) is 1. The summed E-state index contributed by atoms with van der Waals surface area (Å²) in [6, 6.07) is 9.28. The van der Waals surface area contributed by atoms with Crippen molar-refractivity contribution in [3.8, 4) is 6.07 Å². The fraction of sp³-hybridized carbons (Fsp3) is 0.562. The van der Waals surface area contributed by atoms with Crippen molar-refractivity contribution in [1.82, 2.24) is 4.90 Å². The number of nitrogens with zero attached hydrogens (tertiary/aromatic N) is 2. The van der Waals surface area contributed by atoms with Gasteiger partial charge in [0.05, 0.1) is 31.0 Å². The van der Waals surface area contributed by atoms with Gasteiger partial charge in [0.15, 0.2) is 0 Å². The van der Waals surface area contributed by atoms with Crippen molar-refractivity contribution in [3.05, 3.63) is 35.4 Å². The second-order valence-electron chi connectivity index (χ2n) is 5.04. The molecular formula is C16H24N2O3. The highest BCUT2D eigenvalue weighted by Gasteiger charge is 2.18. The molecule has 0 saturated carbocycles. The van der Waals surface area contributed by atoms with Crippen LogP contribution >= 0.6 is 0 Å². The average molecular weight is 292 g/mol. The highest BCUT2D eigenvalue weighted by Crippen LogP contribution is 2.16. The molecule has 1 N–H and O–H groups in total. The normalized spacial score (nSPS) is 13.9. The van der Waals surface area contributed by atoms with E-state index in [4.69, 9.17) is 14.7 Å². The molecule has 0 aliphatic rings. The summed E-state index contributed by atoms with van der Waals surface area (Å²) >= 11 is 0. The third-order valence-corrected chi connectivity index (χ3v) is 3.45. The lowest BCUT2D eigenvalue weighted by atomic mass is 10.1. The molecule has 2 atom stereocenters. The standard InChI is InChI=1S/C16H24N2O3/c1-13(12-21-3)18(8-9-20-2)11-16(19)15-6-4-14(10-17)5-7-15/h4-7,13,16,19H,8-9,11-12H2,1-3H3. The largest absolute Gasteiger partial charge is 0.387 e. The second-order valence-corrected chi connectivity index (χ2v) is 5.04. The van der Waals surface area contributed by atoms with Gasteiger partial charge in [-0.2, -0.15) is 5.26 Å². The van der Waals surface area contributed by atoms with Gasteiger partial charge in [0, 0.05) is 33.4 Å². The minimum atomic E-state index is -0.603. The predicted octanol–water partition coefficient (Wildman–Crippen LogP) is 1.57. The molecule has 0 aliphatic carbocycles. The third-order valence-electron chi connectivity index (χ3n) is 3.45. The van der Waals surface area contributed by atoms with Crippen LogP contribution in [0.1, 0.15) is 24.2 Å². The summed E-state index contributed by atoms with van der Waals surface area (Å²) in [6.07, 6.45) is -0.603. The van der Waals surface area contributed by atoms with Crippen molar-refractivity contribution in [2.24, 2.45) is 0 Å². The Bertz CT molecular complexity index is 442. The van der Waals surface area contributed by atoms with Crippen LogP contribution in [0.25, 0.3) is 0 Å². The van der Waals surface area contributed by atoms with Gasteiger partial charge in [-0.1, -0.05) is 12.1 Å². The van der Waals surface area contributed by atoms with E-state index < -0.39 is 6.10 Å². The van der Waals surface area contributed by atoms with Crippen molar-refractivity contribution in [2.75, 3.05) is 40.5 Å². The quantitative estimate of drug-likeness (QED) is 0.748. The van der Waals surface area contributed by atoms with Crippen LogP contribution in [0, 0.1) is 11.3 Å². The highest BCUT2D eigenvalue weighted by atomic mass is 16.5. The van der Waals surface area contributed by atoms with Crippen LogP contribution in [0.2, 0.25) is 0 Å². The van der Waals surface area contributed by atoms with Crippen LogP contribution in [0.5, 0.6) is 0 Å². The van der Waals surface area contributed by atoms with Crippen molar-refractivity contribution in [2.45, 2.75) is 19.1 Å². The van der Waals surface area contributed by atoms with E-state index in [9.17, 15) is 5.11 Å². The first kappa shape index (κ1) is 17.6. The van der Waals surface area contributed by atoms with Gasteiger partial charge in [-0.15, -0.1) is 0 Å². The number of benzene rings is 1. The van der Waals surface area contributed by atoms with Crippen molar-refractivity contribution in [1.29, 1.82) is 5.26 Å². The maximum atomic E-state index is 10.4. The van der Waals surface area contributed by atoms with Gasteiger partial charge < -0.3 is 14.6 Å². The summed E-state index contributed by atoms with van der Waals surface area (Å²) in [6.45, 7) is 4.50. The predicted molar refractivity (Wildman–Crippen MR) is 80.9 cm³/mol. The van der Waals surface area contributed by atoms with E-state index in [0.717, 1.165) is 12.1 Å². The first-order chi connectivity index (χ1) is 10.1. The minimum Gasteiger partial charge on any atom is -0.387 e. The fourth-order valence-electron chi connectivity index (χ4n) is 2.15. The molecule has 1 rings (SSSR count). The van der Waals surface area contributed by atoms with Gasteiger partial charge in [-0.25, -0.2) is 0 Å². The second kappa shape index (κ2) is 9.48. The molecule has 0 amide bonds. The Morgan fingerprint density at radius 1 is 1.24 bits per heavy atom. The Morgan fingerprint density at radius 3 is 2.43 bits per heavy atom. The lowest BCUT2D eigenvalue weighted by Gasteiger charge is -2.30. The van der Waals surface area contributed by atoms with E-state index in [2.05, 4.69) is 17.9 Å². The first-order valence-electron chi connectivity index (χ1n) is 7.02. The number of aliphatic hydroxyl groups excluding tert-OH is 1. The van der Waals surface area contributed by atoms with Crippen LogP contribution in [-0.2, 0) is 9.47 Å². The molecule has 116 valence electrons. The van der Waals surface area contributed by atoms with Crippen LogP contribution in [0.4, 0.5) is 0 Å². The van der Waals surface area contributed by atoms with Crippen molar-refractivity contribution >= 4 is 0 Å². The number of methoxy groups -OCH3 is 2. The molecule has 0 aliphatic heterocycles. The van der Waals surface area contributed by atoms with Crippen LogP contribution in [0.15, 0.2) is 24.3 Å². The molecule has 0 saturated heterocycles. The van der Waals surface area contributed by atoms with E-state index >= 15 is 0 Å². The van der Waals surface area contributed by atoms with E-state index in [1.54, 1.807) is 38.5 Å². The molecule has 2 unspecified atom stereocenters. The molecule has 5 nitrogen and oxygen atoms in total. The van der Waals surface area contributed by atoms with Crippen LogP contribution < -0.4 is 0 Å². The molecule has 0 radical (unpaired) electrons. The van der Waals surface area contributed by atoms with E-state index in [0.29, 0.717) is 25.3 Å². The fourth-order valence-corrected chi connectivity index (χ4v) is 2.15. The maximum Gasteiger partial charge on any atom is 0.0991 e. The van der Waals surface area contributed by atoms with Crippen LogP contribution in [0.3, 0.4) is 0 Å². The van der Waals surface area contributed by atoms with Crippen molar-refractivity contribution < 1.29 is 14.6 Å². The van der Waals surface area contributed by atoms with Gasteiger partial charge >= 0.3 is 0 Å². The van der Waals surface area contributed by atoms with Crippen LogP contribution in [-0.4, -0.2) is 56.6 Å². The molecular weight excluding hydrogens is 268 g/mol. The third kappa shape index (κ3) is 5.82. The Hall–Kier alpha value is -1.45. The number of rotatable bonds is 9. The maximum absolute atomic E-state index is 10.4. The Kier molecular flexibility index (Phi) is 7.95. The lowest BCUT2D eigenvalue weighted by molar-refractivity contribution is 0.0386. The number of aliphatic hydroxyl groups is 1. The Labute approximate surface area is 126 Å². The molecule has 0 bridgehead atoms. The van der Waals surface area contributed by atoms with Gasteiger partial charge in [0.1, 0.15) is 0 Å². The SMILES string of the molecule is COCCN(CC(O)c1ccc(C#N)cc1)C(C)COC. The molecule has 21 heavy (non-hydrogen) atoms. The summed E-state index contributed by atoms with van der Waals surface area (Å²) in [5.74, 6) is 0. The molecule has 0 fully saturated rings. The van der Waals surface area contributed by atoms with E-state index in [1.807, 2.05) is 0 Å². The van der Waals surface area contributed by atoms with Gasteiger partial charge in [-0.05, 0) is 24.6 Å². The number of nitriles is 1. The topological polar surface area (TPSA) is 65.7 Å².